The van der Waals surface area contributed by atoms with Gasteiger partial charge in [0.15, 0.2) is 11.2 Å². The van der Waals surface area contributed by atoms with Gasteiger partial charge in [-0.25, -0.2) is 8.78 Å². The van der Waals surface area contributed by atoms with E-state index in [4.69, 9.17) is 11.6 Å². The monoisotopic (exact) mass is 450 g/mol. The summed E-state index contributed by atoms with van der Waals surface area (Å²) in [5.41, 5.74) is 2.90. The molecular weight excluding hydrogens is 430 g/mol. The lowest BCUT2D eigenvalue weighted by molar-refractivity contribution is 0.589. The van der Waals surface area contributed by atoms with Gasteiger partial charge >= 0.3 is 0 Å². The number of rotatable bonds is 4. The molecule has 0 atom stereocenters. The zero-order valence-electron chi connectivity index (χ0n) is 17.8. The van der Waals surface area contributed by atoms with Gasteiger partial charge in [-0.05, 0) is 68.1 Å². The third kappa shape index (κ3) is 3.71. The van der Waals surface area contributed by atoms with Crippen molar-refractivity contribution in [3.8, 4) is 11.1 Å². The van der Waals surface area contributed by atoms with Crippen molar-refractivity contribution in [3.05, 3.63) is 98.1 Å². The molecule has 0 aliphatic heterocycles. The molecule has 1 aliphatic carbocycles. The predicted octanol–water partition coefficient (Wildman–Crippen LogP) is 6.54. The Hall–Kier alpha value is -3.05. The number of benzene rings is 2. The van der Waals surface area contributed by atoms with Gasteiger partial charge in [-0.2, -0.15) is 0 Å². The number of pyridine rings is 2. The smallest absolute Gasteiger partial charge is 0.193 e. The summed E-state index contributed by atoms with van der Waals surface area (Å²) in [6.07, 6.45) is 3.91. The van der Waals surface area contributed by atoms with E-state index in [9.17, 15) is 4.79 Å². The number of hydrogen-bond donors (Lipinski definition) is 0. The van der Waals surface area contributed by atoms with Crippen molar-refractivity contribution in [2.24, 2.45) is 0 Å². The molecule has 1 aliphatic rings. The quantitative estimate of drug-likeness (QED) is 0.354. The summed E-state index contributed by atoms with van der Waals surface area (Å²) in [7, 11) is 0. The molecule has 1 saturated carbocycles. The molecule has 5 rings (SSSR count). The van der Waals surface area contributed by atoms with Gasteiger partial charge in [0.25, 0.3) is 0 Å². The third-order valence-electron chi connectivity index (χ3n) is 5.90. The highest BCUT2D eigenvalue weighted by molar-refractivity contribution is 6.30. The second-order valence-corrected chi connectivity index (χ2v) is 8.94. The zero-order valence-corrected chi connectivity index (χ0v) is 18.5. The van der Waals surface area contributed by atoms with E-state index in [2.05, 4.69) is 4.98 Å². The average Bonchev–Trinajstić information content (AvgIpc) is 3.56. The molecule has 32 heavy (non-hydrogen) atoms. The number of aromatic nitrogens is 2. The first kappa shape index (κ1) is 20.8. The highest BCUT2D eigenvalue weighted by Crippen LogP contribution is 2.40. The summed E-state index contributed by atoms with van der Waals surface area (Å²) in [6, 6.07) is 11.9. The molecule has 6 heteroatoms. The van der Waals surface area contributed by atoms with Crippen molar-refractivity contribution in [1.29, 1.82) is 0 Å². The molecule has 4 aromatic rings. The maximum Gasteiger partial charge on any atom is 0.193 e. The highest BCUT2D eigenvalue weighted by atomic mass is 35.5. The van der Waals surface area contributed by atoms with Gasteiger partial charge in [-0.1, -0.05) is 23.7 Å². The summed E-state index contributed by atoms with van der Waals surface area (Å²) >= 11 is 5.97. The van der Waals surface area contributed by atoms with Crippen LogP contribution >= 0.6 is 11.6 Å². The Morgan fingerprint density at radius 2 is 1.72 bits per heavy atom. The van der Waals surface area contributed by atoms with E-state index in [0.717, 1.165) is 18.4 Å². The minimum atomic E-state index is -0.747. The second-order valence-electron chi connectivity index (χ2n) is 8.51. The van der Waals surface area contributed by atoms with E-state index in [-0.39, 0.29) is 27.9 Å². The van der Waals surface area contributed by atoms with Crippen LogP contribution in [-0.4, -0.2) is 9.55 Å². The van der Waals surface area contributed by atoms with Crippen LogP contribution in [0.3, 0.4) is 0 Å². The van der Waals surface area contributed by atoms with Gasteiger partial charge in [0, 0.05) is 40.6 Å². The normalized spacial score (nSPS) is 13.7. The fraction of sp³-hybridized carbons (Fsp3) is 0.231. The van der Waals surface area contributed by atoms with Gasteiger partial charge in [0.1, 0.15) is 5.82 Å². The summed E-state index contributed by atoms with van der Waals surface area (Å²) in [6.45, 7) is 3.58. The highest BCUT2D eigenvalue weighted by Gasteiger charge is 2.29. The molecule has 2 aromatic heterocycles. The lowest BCUT2D eigenvalue weighted by atomic mass is 9.98. The van der Waals surface area contributed by atoms with Crippen LogP contribution in [0.15, 0.2) is 53.5 Å². The molecule has 1 fully saturated rings. The predicted molar refractivity (Wildman–Crippen MR) is 123 cm³/mol. The lowest BCUT2D eigenvalue weighted by Crippen LogP contribution is -2.17. The number of hydrogen-bond acceptors (Lipinski definition) is 2. The molecule has 0 amide bonds. The molecular formula is C26H21ClF2N2O. The average molecular weight is 451 g/mol. The topological polar surface area (TPSA) is 34.9 Å². The zero-order chi connectivity index (χ0) is 22.6. The van der Waals surface area contributed by atoms with Crippen molar-refractivity contribution in [2.75, 3.05) is 0 Å². The lowest BCUT2D eigenvalue weighted by Gasteiger charge is -2.17. The van der Waals surface area contributed by atoms with Gasteiger partial charge in [-0.15, -0.1) is 0 Å². The Morgan fingerprint density at radius 3 is 2.34 bits per heavy atom. The largest absolute Gasteiger partial charge is 0.342 e. The van der Waals surface area contributed by atoms with Gasteiger partial charge in [0.2, 0.25) is 0 Å². The minimum absolute atomic E-state index is 0.0737. The Labute approximate surface area is 189 Å². The summed E-state index contributed by atoms with van der Waals surface area (Å²) in [5, 5.41) is 0.686. The van der Waals surface area contributed by atoms with Crippen molar-refractivity contribution < 1.29 is 8.78 Å². The van der Waals surface area contributed by atoms with Crippen molar-refractivity contribution in [3.63, 3.8) is 0 Å². The van der Waals surface area contributed by atoms with E-state index in [1.165, 1.54) is 6.07 Å². The molecule has 0 bridgehead atoms. The van der Waals surface area contributed by atoms with Crippen molar-refractivity contribution >= 4 is 22.5 Å². The Bertz CT molecular complexity index is 1400. The van der Waals surface area contributed by atoms with E-state index in [1.807, 2.05) is 16.7 Å². The fourth-order valence-corrected chi connectivity index (χ4v) is 4.46. The molecule has 2 aromatic carbocycles. The molecule has 3 nitrogen and oxygen atoms in total. The number of nitrogens with zero attached hydrogens (tertiary/aromatic N) is 2. The first-order valence-electron chi connectivity index (χ1n) is 10.6. The molecule has 0 saturated heterocycles. The van der Waals surface area contributed by atoms with Crippen LogP contribution in [0.5, 0.6) is 0 Å². The van der Waals surface area contributed by atoms with Crippen LogP contribution < -0.4 is 5.43 Å². The summed E-state index contributed by atoms with van der Waals surface area (Å²) in [5.74, 6) is -1.45. The number of aryl methyl sites for hydroxylation is 2. The van der Waals surface area contributed by atoms with Gasteiger partial charge in [0.05, 0.1) is 16.5 Å². The summed E-state index contributed by atoms with van der Waals surface area (Å²) in [4.78, 5) is 17.6. The van der Waals surface area contributed by atoms with Crippen LogP contribution in [0.2, 0.25) is 5.02 Å². The van der Waals surface area contributed by atoms with Crippen LogP contribution in [0.25, 0.3) is 22.0 Å². The fourth-order valence-electron chi connectivity index (χ4n) is 4.33. The molecule has 2 heterocycles. The maximum atomic E-state index is 15.9. The first-order chi connectivity index (χ1) is 15.3. The molecule has 0 radical (unpaired) electrons. The van der Waals surface area contributed by atoms with E-state index in [0.29, 0.717) is 34.0 Å². The van der Waals surface area contributed by atoms with Crippen LogP contribution in [0.1, 0.15) is 41.4 Å². The van der Waals surface area contributed by atoms with Gasteiger partial charge in [-0.3, -0.25) is 9.78 Å². The van der Waals surface area contributed by atoms with E-state index in [1.54, 1.807) is 44.3 Å². The van der Waals surface area contributed by atoms with Crippen LogP contribution in [0.4, 0.5) is 8.78 Å². The third-order valence-corrected chi connectivity index (χ3v) is 6.15. The second kappa shape index (κ2) is 7.82. The number of halogens is 3. The molecule has 162 valence electrons. The van der Waals surface area contributed by atoms with Gasteiger partial charge < -0.3 is 4.57 Å². The van der Waals surface area contributed by atoms with Crippen LogP contribution in [0, 0.1) is 25.5 Å². The first-order valence-corrected chi connectivity index (χ1v) is 11.0. The minimum Gasteiger partial charge on any atom is -0.342 e. The van der Waals surface area contributed by atoms with Crippen molar-refractivity contribution in [2.45, 2.75) is 39.2 Å². The SMILES string of the molecule is Cc1cc(-c2c(F)cc3c(=O)c(Cc4ccc(Cl)cc4)cn(C4CC4)c3c2F)cc(C)n1. The Kier molecular flexibility index (Phi) is 5.09. The number of fused-ring (bicyclic) bond motifs is 1. The van der Waals surface area contributed by atoms with Crippen LogP contribution in [-0.2, 0) is 6.42 Å². The van der Waals surface area contributed by atoms with Crippen molar-refractivity contribution in [1.82, 2.24) is 9.55 Å². The molecule has 0 spiro atoms. The Balaban J connectivity index is 1.74. The van der Waals surface area contributed by atoms with E-state index < -0.39 is 11.6 Å². The van der Waals surface area contributed by atoms with E-state index >= 15 is 8.78 Å². The Morgan fingerprint density at radius 1 is 1.06 bits per heavy atom. The standard InChI is InChI=1S/C26H21ClF2N2O/c1-14-9-17(10-15(2)30-14)23-22(28)12-21-25(24(23)29)31(20-7-8-20)13-18(26(21)32)11-16-3-5-19(27)6-4-16/h3-6,9-10,12-13,20H,7-8,11H2,1-2H3. The molecule has 0 N–H and O–H groups in total. The summed E-state index contributed by atoms with van der Waals surface area (Å²) < 4.78 is 32.9. The molecule has 0 unspecified atom stereocenters. The maximum absolute atomic E-state index is 15.9.